The summed E-state index contributed by atoms with van der Waals surface area (Å²) in [5.74, 6) is 0. The van der Waals surface area contributed by atoms with E-state index in [0.29, 0.717) is 23.2 Å². The first-order chi connectivity index (χ1) is 8.04. The van der Waals surface area contributed by atoms with Gasteiger partial charge in [-0.05, 0) is 32.0 Å². The van der Waals surface area contributed by atoms with Gasteiger partial charge in [-0.3, -0.25) is 0 Å². The second-order valence-corrected chi connectivity index (χ2v) is 4.55. The molecule has 0 saturated heterocycles. The Morgan fingerprint density at radius 1 is 1.59 bits per heavy atom. The topological polar surface area (TPSA) is 47.3 Å². The van der Waals surface area contributed by atoms with E-state index in [1.807, 2.05) is 26.0 Å². The van der Waals surface area contributed by atoms with Crippen molar-refractivity contribution in [1.82, 2.24) is 0 Å². The van der Waals surface area contributed by atoms with E-state index in [1.165, 1.54) is 0 Å². The molecule has 94 valence electrons. The van der Waals surface area contributed by atoms with E-state index in [9.17, 15) is 0 Å². The predicted octanol–water partition coefficient (Wildman–Crippen LogP) is 2.81. The SMILES string of the molecule is CCOC(C)CNc1ccc(C(N)=S)cc1Cl. The normalized spacial score (nSPS) is 12.2. The van der Waals surface area contributed by atoms with E-state index in [-0.39, 0.29) is 6.10 Å². The van der Waals surface area contributed by atoms with Gasteiger partial charge in [0.25, 0.3) is 0 Å². The van der Waals surface area contributed by atoms with Crippen molar-refractivity contribution in [2.75, 3.05) is 18.5 Å². The molecule has 0 radical (unpaired) electrons. The molecule has 0 bridgehead atoms. The standard InChI is InChI=1S/C12H17ClN2OS/c1-3-16-8(2)7-15-11-5-4-9(12(14)17)6-10(11)13/h4-6,8,15H,3,7H2,1-2H3,(H2,14,17). The summed E-state index contributed by atoms with van der Waals surface area (Å²) in [5.41, 5.74) is 7.16. The molecule has 0 amide bonds. The molecule has 0 aromatic heterocycles. The highest BCUT2D eigenvalue weighted by Crippen LogP contribution is 2.23. The van der Waals surface area contributed by atoms with Crippen molar-refractivity contribution < 1.29 is 4.74 Å². The fourth-order valence-electron chi connectivity index (χ4n) is 1.41. The molecular formula is C12H17ClN2OS. The number of rotatable bonds is 6. The number of anilines is 1. The maximum atomic E-state index is 6.12. The highest BCUT2D eigenvalue weighted by atomic mass is 35.5. The van der Waals surface area contributed by atoms with Gasteiger partial charge in [-0.25, -0.2) is 0 Å². The van der Waals surface area contributed by atoms with Gasteiger partial charge in [0.15, 0.2) is 0 Å². The number of ether oxygens (including phenoxy) is 1. The molecule has 0 spiro atoms. The number of hydrogen-bond acceptors (Lipinski definition) is 3. The van der Waals surface area contributed by atoms with Crippen LogP contribution in [-0.4, -0.2) is 24.2 Å². The third kappa shape index (κ3) is 4.50. The first-order valence-electron chi connectivity index (χ1n) is 5.49. The molecule has 0 heterocycles. The molecule has 0 aliphatic heterocycles. The third-order valence-electron chi connectivity index (χ3n) is 2.28. The van der Waals surface area contributed by atoms with Gasteiger partial charge in [0.2, 0.25) is 0 Å². The van der Waals surface area contributed by atoms with E-state index in [1.54, 1.807) is 6.07 Å². The van der Waals surface area contributed by atoms with Crippen LogP contribution in [0.5, 0.6) is 0 Å². The molecule has 0 aliphatic rings. The Bertz CT molecular complexity index is 398. The lowest BCUT2D eigenvalue weighted by molar-refractivity contribution is 0.0855. The Morgan fingerprint density at radius 3 is 2.82 bits per heavy atom. The van der Waals surface area contributed by atoms with Gasteiger partial charge < -0.3 is 15.8 Å². The molecule has 3 N–H and O–H groups in total. The van der Waals surface area contributed by atoms with Crippen molar-refractivity contribution in [1.29, 1.82) is 0 Å². The van der Waals surface area contributed by atoms with Crippen LogP contribution in [0.4, 0.5) is 5.69 Å². The summed E-state index contributed by atoms with van der Waals surface area (Å²) in [7, 11) is 0. The van der Waals surface area contributed by atoms with E-state index in [4.69, 9.17) is 34.3 Å². The average molecular weight is 273 g/mol. The van der Waals surface area contributed by atoms with Crippen molar-refractivity contribution >= 4 is 34.5 Å². The van der Waals surface area contributed by atoms with Crippen molar-refractivity contribution in [2.24, 2.45) is 5.73 Å². The van der Waals surface area contributed by atoms with Crippen LogP contribution in [0.2, 0.25) is 5.02 Å². The van der Waals surface area contributed by atoms with Gasteiger partial charge >= 0.3 is 0 Å². The Balaban J connectivity index is 2.63. The molecule has 5 heteroatoms. The number of benzene rings is 1. The van der Waals surface area contributed by atoms with Crippen molar-refractivity contribution in [2.45, 2.75) is 20.0 Å². The molecule has 1 rings (SSSR count). The zero-order valence-electron chi connectivity index (χ0n) is 10.00. The largest absolute Gasteiger partial charge is 0.389 e. The number of thiocarbonyl (C=S) groups is 1. The molecule has 0 fully saturated rings. The number of hydrogen-bond donors (Lipinski definition) is 2. The molecule has 1 unspecified atom stereocenters. The Morgan fingerprint density at radius 2 is 2.29 bits per heavy atom. The molecule has 1 atom stereocenters. The average Bonchev–Trinajstić information content (AvgIpc) is 2.27. The summed E-state index contributed by atoms with van der Waals surface area (Å²) >= 11 is 11.0. The Hall–Kier alpha value is -0.840. The van der Waals surface area contributed by atoms with Gasteiger partial charge in [0.05, 0.1) is 16.8 Å². The van der Waals surface area contributed by atoms with E-state index in [0.717, 1.165) is 11.3 Å². The van der Waals surface area contributed by atoms with Gasteiger partial charge in [-0.15, -0.1) is 0 Å². The van der Waals surface area contributed by atoms with Crippen LogP contribution >= 0.6 is 23.8 Å². The second-order valence-electron chi connectivity index (χ2n) is 3.71. The number of nitrogens with one attached hydrogen (secondary N) is 1. The second kappa shape index (κ2) is 6.79. The Labute approximate surface area is 112 Å². The summed E-state index contributed by atoms with van der Waals surface area (Å²) in [4.78, 5) is 0.348. The lowest BCUT2D eigenvalue weighted by atomic mass is 10.2. The number of nitrogens with two attached hydrogens (primary N) is 1. The summed E-state index contributed by atoms with van der Waals surface area (Å²) in [5, 5.41) is 3.83. The van der Waals surface area contributed by atoms with E-state index >= 15 is 0 Å². The first-order valence-corrected chi connectivity index (χ1v) is 6.28. The minimum atomic E-state index is 0.145. The van der Waals surface area contributed by atoms with Crippen LogP contribution in [0.15, 0.2) is 18.2 Å². The predicted molar refractivity (Wildman–Crippen MR) is 76.9 cm³/mol. The minimum absolute atomic E-state index is 0.145. The maximum absolute atomic E-state index is 6.12. The Kier molecular flexibility index (Phi) is 5.68. The van der Waals surface area contributed by atoms with Crippen LogP contribution in [0.1, 0.15) is 19.4 Å². The van der Waals surface area contributed by atoms with Crippen LogP contribution < -0.4 is 11.1 Å². The van der Waals surface area contributed by atoms with Crippen LogP contribution in [-0.2, 0) is 4.74 Å². The molecule has 1 aromatic rings. The zero-order valence-corrected chi connectivity index (χ0v) is 11.6. The highest BCUT2D eigenvalue weighted by Gasteiger charge is 2.05. The van der Waals surface area contributed by atoms with Gasteiger partial charge in [0, 0.05) is 18.7 Å². The van der Waals surface area contributed by atoms with Crippen LogP contribution in [0, 0.1) is 0 Å². The van der Waals surface area contributed by atoms with Crippen molar-refractivity contribution in [3.8, 4) is 0 Å². The van der Waals surface area contributed by atoms with Crippen molar-refractivity contribution in [3.63, 3.8) is 0 Å². The summed E-state index contributed by atoms with van der Waals surface area (Å²) in [6.07, 6.45) is 0.145. The molecule has 0 saturated carbocycles. The maximum Gasteiger partial charge on any atom is 0.104 e. The fourth-order valence-corrected chi connectivity index (χ4v) is 1.78. The molecule has 1 aromatic carbocycles. The van der Waals surface area contributed by atoms with Gasteiger partial charge in [0.1, 0.15) is 4.99 Å². The molecule has 17 heavy (non-hydrogen) atoms. The van der Waals surface area contributed by atoms with Crippen molar-refractivity contribution in [3.05, 3.63) is 28.8 Å². The minimum Gasteiger partial charge on any atom is -0.389 e. The quantitative estimate of drug-likeness (QED) is 0.782. The molecular weight excluding hydrogens is 256 g/mol. The lowest BCUT2D eigenvalue weighted by Crippen LogP contribution is -2.20. The zero-order chi connectivity index (χ0) is 12.8. The third-order valence-corrected chi connectivity index (χ3v) is 2.83. The highest BCUT2D eigenvalue weighted by molar-refractivity contribution is 7.80. The lowest BCUT2D eigenvalue weighted by Gasteiger charge is -2.14. The van der Waals surface area contributed by atoms with E-state index < -0.39 is 0 Å². The summed E-state index contributed by atoms with van der Waals surface area (Å²) in [6, 6.07) is 5.48. The van der Waals surface area contributed by atoms with E-state index in [2.05, 4.69) is 5.32 Å². The summed E-state index contributed by atoms with van der Waals surface area (Å²) < 4.78 is 5.42. The smallest absolute Gasteiger partial charge is 0.104 e. The number of halogens is 1. The van der Waals surface area contributed by atoms with Gasteiger partial charge in [-0.1, -0.05) is 23.8 Å². The molecule has 3 nitrogen and oxygen atoms in total. The van der Waals surface area contributed by atoms with Gasteiger partial charge in [-0.2, -0.15) is 0 Å². The fraction of sp³-hybridized carbons (Fsp3) is 0.417. The molecule has 0 aliphatic carbocycles. The van der Waals surface area contributed by atoms with Crippen LogP contribution in [0.25, 0.3) is 0 Å². The monoisotopic (exact) mass is 272 g/mol. The first kappa shape index (κ1) is 14.2. The van der Waals surface area contributed by atoms with Crippen LogP contribution in [0.3, 0.4) is 0 Å². The summed E-state index contributed by atoms with van der Waals surface area (Å²) in [6.45, 7) is 5.39.